The third-order valence-electron chi connectivity index (χ3n) is 7.61. The van der Waals surface area contributed by atoms with Gasteiger partial charge < -0.3 is 4.74 Å². The van der Waals surface area contributed by atoms with Gasteiger partial charge in [-0.1, -0.05) is 13.0 Å². The Morgan fingerprint density at radius 3 is 2.68 bits per heavy atom. The highest BCUT2D eigenvalue weighted by atomic mass is 19.4. The van der Waals surface area contributed by atoms with Crippen molar-refractivity contribution in [1.29, 1.82) is 0 Å². The molecule has 2 fully saturated rings. The van der Waals surface area contributed by atoms with Crippen molar-refractivity contribution in [3.63, 3.8) is 0 Å². The van der Waals surface area contributed by atoms with Crippen LogP contribution in [0.25, 0.3) is 0 Å². The first-order valence-corrected chi connectivity index (χ1v) is 9.55. The van der Waals surface area contributed by atoms with Gasteiger partial charge in [0.25, 0.3) is 0 Å². The lowest BCUT2D eigenvalue weighted by molar-refractivity contribution is -0.155. The van der Waals surface area contributed by atoms with Crippen LogP contribution in [0.4, 0.5) is 13.2 Å². The summed E-state index contributed by atoms with van der Waals surface area (Å²) < 4.78 is 44.4. The maximum Gasteiger partial charge on any atom is 0.389 e. The summed E-state index contributed by atoms with van der Waals surface area (Å²) in [5.41, 5.74) is 2.69. The molecule has 138 valence electrons. The number of aryl methyl sites for hydroxylation is 1. The summed E-state index contributed by atoms with van der Waals surface area (Å²) in [7, 11) is 1.69. The van der Waals surface area contributed by atoms with Gasteiger partial charge in [0.15, 0.2) is 0 Å². The maximum atomic E-state index is 13.0. The molecule has 3 aliphatic rings. The minimum atomic E-state index is -4.03. The first kappa shape index (κ1) is 17.2. The molecular weight excluding hydrogens is 325 g/mol. The summed E-state index contributed by atoms with van der Waals surface area (Å²) in [5.74, 6) is 2.25. The Hall–Kier alpha value is -1.19. The average molecular weight is 352 g/mol. The second-order valence-corrected chi connectivity index (χ2v) is 8.62. The highest BCUT2D eigenvalue weighted by molar-refractivity contribution is 5.40. The van der Waals surface area contributed by atoms with Crippen molar-refractivity contribution in [2.24, 2.45) is 23.2 Å². The zero-order valence-electron chi connectivity index (χ0n) is 15.0. The summed E-state index contributed by atoms with van der Waals surface area (Å²) >= 11 is 0. The number of hydrogen-bond donors (Lipinski definition) is 0. The number of ether oxygens (including phenoxy) is 1. The molecule has 0 aromatic heterocycles. The van der Waals surface area contributed by atoms with E-state index in [1.165, 1.54) is 11.1 Å². The van der Waals surface area contributed by atoms with E-state index in [1.54, 1.807) is 7.11 Å². The van der Waals surface area contributed by atoms with E-state index in [9.17, 15) is 13.2 Å². The quantitative estimate of drug-likeness (QED) is 0.623. The Kier molecular flexibility index (Phi) is 4.08. The lowest BCUT2D eigenvalue weighted by Crippen LogP contribution is -2.43. The van der Waals surface area contributed by atoms with Gasteiger partial charge in [-0.05, 0) is 90.9 Å². The normalized spacial score (nSPS) is 37.2. The Balaban J connectivity index is 1.60. The number of halogens is 3. The molecule has 4 unspecified atom stereocenters. The van der Waals surface area contributed by atoms with Crippen LogP contribution in [0, 0.1) is 23.2 Å². The van der Waals surface area contributed by atoms with Crippen molar-refractivity contribution in [3.05, 3.63) is 29.3 Å². The molecule has 0 saturated heterocycles. The molecule has 0 radical (unpaired) electrons. The van der Waals surface area contributed by atoms with Crippen LogP contribution in [-0.2, 0) is 6.42 Å². The molecule has 2 saturated carbocycles. The largest absolute Gasteiger partial charge is 0.497 e. The minimum Gasteiger partial charge on any atom is -0.497 e. The monoisotopic (exact) mass is 352 g/mol. The van der Waals surface area contributed by atoms with Crippen LogP contribution in [0.15, 0.2) is 18.2 Å². The number of alkyl halides is 3. The van der Waals surface area contributed by atoms with Crippen molar-refractivity contribution in [3.8, 4) is 5.75 Å². The van der Waals surface area contributed by atoms with E-state index in [0.717, 1.165) is 44.3 Å². The fourth-order valence-corrected chi connectivity index (χ4v) is 6.41. The number of fused-ring (bicyclic) bond motifs is 5. The number of methoxy groups -OCH3 is 1. The molecule has 0 N–H and O–H groups in total. The zero-order valence-corrected chi connectivity index (χ0v) is 15.0. The molecule has 4 heteroatoms. The van der Waals surface area contributed by atoms with Gasteiger partial charge >= 0.3 is 6.18 Å². The fourth-order valence-electron chi connectivity index (χ4n) is 6.41. The van der Waals surface area contributed by atoms with Crippen molar-refractivity contribution in [2.75, 3.05) is 7.11 Å². The first-order chi connectivity index (χ1) is 11.8. The standard InChI is InChI=1S/C21H27F3O/c1-20-10-9-17-16-7-5-15(25-2)11-13(16)3-6-18(17)19(20)8-4-14(20)12-21(22,23)24/h5,7,11,14,17-19H,3-4,6,8-10,12H2,1-2H3/t14?,17?,18?,19?,20-/m1/s1. The van der Waals surface area contributed by atoms with Gasteiger partial charge in [-0.15, -0.1) is 0 Å². The first-order valence-electron chi connectivity index (χ1n) is 9.55. The van der Waals surface area contributed by atoms with Crippen LogP contribution < -0.4 is 4.74 Å². The molecular formula is C21H27F3O. The molecule has 0 amide bonds. The smallest absolute Gasteiger partial charge is 0.389 e. The summed E-state index contributed by atoms with van der Waals surface area (Å²) in [5, 5.41) is 0. The Morgan fingerprint density at radius 1 is 1.16 bits per heavy atom. The summed E-state index contributed by atoms with van der Waals surface area (Å²) in [6.07, 6.45) is 1.22. The fraction of sp³-hybridized carbons (Fsp3) is 0.714. The molecule has 0 spiro atoms. The second kappa shape index (κ2) is 5.92. The molecule has 1 aromatic carbocycles. The third kappa shape index (κ3) is 2.86. The molecule has 25 heavy (non-hydrogen) atoms. The van der Waals surface area contributed by atoms with Crippen molar-refractivity contribution >= 4 is 0 Å². The van der Waals surface area contributed by atoms with E-state index >= 15 is 0 Å². The molecule has 5 atom stereocenters. The van der Waals surface area contributed by atoms with Gasteiger partial charge in [-0.25, -0.2) is 0 Å². The van der Waals surface area contributed by atoms with Crippen LogP contribution in [-0.4, -0.2) is 13.3 Å². The zero-order chi connectivity index (χ0) is 17.8. The Bertz CT molecular complexity index is 653. The maximum absolute atomic E-state index is 13.0. The van der Waals surface area contributed by atoms with Gasteiger partial charge in [-0.2, -0.15) is 13.2 Å². The van der Waals surface area contributed by atoms with Gasteiger partial charge in [0, 0.05) is 6.42 Å². The molecule has 0 heterocycles. The van der Waals surface area contributed by atoms with E-state index in [2.05, 4.69) is 19.1 Å². The number of hydrogen-bond acceptors (Lipinski definition) is 1. The molecule has 1 aromatic rings. The summed E-state index contributed by atoms with van der Waals surface area (Å²) in [4.78, 5) is 0. The predicted molar refractivity (Wildman–Crippen MR) is 91.8 cm³/mol. The van der Waals surface area contributed by atoms with Crippen LogP contribution in [0.1, 0.15) is 62.5 Å². The SMILES string of the molecule is COc1ccc2c(c1)CCC1C2CC[C@]2(C)C(CC(F)(F)F)CCC12. The minimum absolute atomic E-state index is 0.124. The Labute approximate surface area is 147 Å². The van der Waals surface area contributed by atoms with E-state index in [1.807, 2.05) is 6.07 Å². The summed E-state index contributed by atoms with van der Waals surface area (Å²) in [6, 6.07) is 6.40. The van der Waals surface area contributed by atoms with E-state index in [-0.39, 0.29) is 11.3 Å². The number of benzene rings is 1. The van der Waals surface area contributed by atoms with Gasteiger partial charge in [0.2, 0.25) is 0 Å². The number of rotatable bonds is 2. The highest BCUT2D eigenvalue weighted by Gasteiger charge is 2.56. The van der Waals surface area contributed by atoms with Crippen LogP contribution >= 0.6 is 0 Å². The molecule has 0 aliphatic heterocycles. The molecule has 4 rings (SSSR count). The van der Waals surface area contributed by atoms with E-state index in [0.29, 0.717) is 17.8 Å². The molecule has 0 bridgehead atoms. The second-order valence-electron chi connectivity index (χ2n) is 8.62. The van der Waals surface area contributed by atoms with E-state index in [4.69, 9.17) is 4.74 Å². The lowest BCUT2D eigenvalue weighted by atomic mass is 9.54. The van der Waals surface area contributed by atoms with Crippen molar-refractivity contribution in [1.82, 2.24) is 0 Å². The van der Waals surface area contributed by atoms with Crippen LogP contribution in [0.2, 0.25) is 0 Å². The topological polar surface area (TPSA) is 9.23 Å². The van der Waals surface area contributed by atoms with Gasteiger partial charge in [-0.3, -0.25) is 0 Å². The summed E-state index contributed by atoms with van der Waals surface area (Å²) in [6.45, 7) is 2.15. The molecule has 3 aliphatic carbocycles. The predicted octanol–water partition coefficient (Wildman–Crippen LogP) is 6.12. The van der Waals surface area contributed by atoms with Crippen molar-refractivity contribution < 1.29 is 17.9 Å². The third-order valence-corrected chi connectivity index (χ3v) is 7.61. The molecule has 1 nitrogen and oxygen atoms in total. The van der Waals surface area contributed by atoms with Gasteiger partial charge in [0.1, 0.15) is 5.75 Å². The highest BCUT2D eigenvalue weighted by Crippen LogP contribution is 2.64. The van der Waals surface area contributed by atoms with Gasteiger partial charge in [0.05, 0.1) is 7.11 Å². The Morgan fingerprint density at radius 2 is 1.96 bits per heavy atom. The van der Waals surface area contributed by atoms with Crippen LogP contribution in [0.5, 0.6) is 5.75 Å². The van der Waals surface area contributed by atoms with Crippen molar-refractivity contribution in [2.45, 2.75) is 64.0 Å². The lowest BCUT2D eigenvalue weighted by Gasteiger charge is -2.51. The van der Waals surface area contributed by atoms with E-state index < -0.39 is 12.6 Å². The van der Waals surface area contributed by atoms with Crippen LogP contribution in [0.3, 0.4) is 0 Å². The average Bonchev–Trinajstić information content (AvgIpc) is 2.89.